The number of nitrogens with zero attached hydrogens (tertiary/aromatic N) is 4. The van der Waals surface area contributed by atoms with Gasteiger partial charge in [-0.3, -0.25) is 19.7 Å². The summed E-state index contributed by atoms with van der Waals surface area (Å²) in [6, 6.07) is 2.69. The van der Waals surface area contributed by atoms with Gasteiger partial charge in [-0.15, -0.1) is 0 Å². The first-order valence-corrected chi connectivity index (χ1v) is 7.24. The van der Waals surface area contributed by atoms with E-state index in [1.54, 1.807) is 4.90 Å². The molecular weight excluding hydrogens is 304 g/mol. The Labute approximate surface area is 133 Å². The summed E-state index contributed by atoms with van der Waals surface area (Å²) in [5.74, 6) is -0.815. The molecule has 0 saturated heterocycles. The largest absolute Gasteiger partial charge is 0.481 e. The summed E-state index contributed by atoms with van der Waals surface area (Å²) >= 11 is 0. The Morgan fingerprint density at radius 2 is 1.96 bits per heavy atom. The number of rotatable bonds is 9. The van der Waals surface area contributed by atoms with E-state index in [9.17, 15) is 19.7 Å². The predicted molar refractivity (Wildman–Crippen MR) is 83.3 cm³/mol. The van der Waals surface area contributed by atoms with Crippen LogP contribution < -0.4 is 4.90 Å². The number of carbonyl (C=O) groups is 2. The summed E-state index contributed by atoms with van der Waals surface area (Å²) in [4.78, 5) is 40.2. The second-order valence-corrected chi connectivity index (χ2v) is 4.76. The molecule has 0 unspecified atom stereocenters. The molecule has 1 heterocycles. The Balaban J connectivity index is 2.92. The Morgan fingerprint density at radius 3 is 2.39 bits per heavy atom. The highest BCUT2D eigenvalue weighted by atomic mass is 16.6. The van der Waals surface area contributed by atoms with Crippen LogP contribution in [0.5, 0.6) is 0 Å². The van der Waals surface area contributed by atoms with Gasteiger partial charge in [-0.2, -0.15) is 0 Å². The first-order chi connectivity index (χ1) is 10.9. The van der Waals surface area contributed by atoms with Gasteiger partial charge in [0.05, 0.1) is 17.9 Å². The smallest absolute Gasteiger partial charge is 0.305 e. The summed E-state index contributed by atoms with van der Waals surface area (Å²) in [5.41, 5.74) is -0.165. The number of carboxylic acid groups (broad SMARTS) is 1. The summed E-state index contributed by atoms with van der Waals surface area (Å²) in [5, 5.41) is 19.5. The van der Waals surface area contributed by atoms with E-state index in [0.717, 1.165) is 6.20 Å². The van der Waals surface area contributed by atoms with Gasteiger partial charge in [-0.25, -0.2) is 4.98 Å². The van der Waals surface area contributed by atoms with E-state index >= 15 is 0 Å². The molecule has 0 bridgehead atoms. The molecule has 1 aromatic heterocycles. The first kappa shape index (κ1) is 18.3. The van der Waals surface area contributed by atoms with E-state index in [2.05, 4.69) is 4.98 Å². The standard InChI is InChI=1S/C14H20N4O5/c1-3-16(4-2)13(19)10-17(8-7-14(20)21)12-6-5-11(9-15-12)18(22)23/h5-6,9H,3-4,7-8,10H2,1-2H3,(H,20,21). The Kier molecular flexibility index (Phi) is 6.91. The number of aromatic nitrogens is 1. The summed E-state index contributed by atoms with van der Waals surface area (Å²) in [6.45, 7) is 4.87. The summed E-state index contributed by atoms with van der Waals surface area (Å²) in [7, 11) is 0. The molecule has 0 radical (unpaired) electrons. The third kappa shape index (κ3) is 5.53. The zero-order valence-corrected chi connectivity index (χ0v) is 13.1. The van der Waals surface area contributed by atoms with Crippen molar-refractivity contribution in [2.75, 3.05) is 31.1 Å². The molecule has 0 atom stereocenters. The maximum absolute atomic E-state index is 12.2. The zero-order chi connectivity index (χ0) is 17.4. The summed E-state index contributed by atoms with van der Waals surface area (Å²) in [6.07, 6.45) is 0.926. The van der Waals surface area contributed by atoms with Crippen LogP contribution in [-0.4, -0.2) is 58.0 Å². The lowest BCUT2D eigenvalue weighted by atomic mass is 10.3. The predicted octanol–water partition coefficient (Wildman–Crippen LogP) is 1.14. The average molecular weight is 324 g/mol. The third-order valence-electron chi connectivity index (χ3n) is 3.30. The van der Waals surface area contributed by atoms with E-state index in [4.69, 9.17) is 5.11 Å². The van der Waals surface area contributed by atoms with Crippen LogP contribution in [0.3, 0.4) is 0 Å². The lowest BCUT2D eigenvalue weighted by molar-refractivity contribution is -0.385. The molecule has 1 aromatic rings. The van der Waals surface area contributed by atoms with Crippen LogP contribution in [0.4, 0.5) is 11.5 Å². The van der Waals surface area contributed by atoms with E-state index in [-0.39, 0.29) is 31.1 Å². The van der Waals surface area contributed by atoms with Gasteiger partial charge < -0.3 is 14.9 Å². The Bertz CT molecular complexity index is 557. The van der Waals surface area contributed by atoms with Gasteiger partial charge >= 0.3 is 5.97 Å². The first-order valence-electron chi connectivity index (χ1n) is 7.24. The fourth-order valence-corrected chi connectivity index (χ4v) is 2.02. The molecule has 0 aliphatic heterocycles. The normalized spacial score (nSPS) is 10.2. The van der Waals surface area contributed by atoms with Crippen molar-refractivity contribution in [3.8, 4) is 0 Å². The SMILES string of the molecule is CCN(CC)C(=O)CN(CCC(=O)O)c1ccc([N+](=O)[O-])cn1. The third-order valence-corrected chi connectivity index (χ3v) is 3.30. The van der Waals surface area contributed by atoms with Gasteiger partial charge in [0.1, 0.15) is 12.0 Å². The highest BCUT2D eigenvalue weighted by Crippen LogP contribution is 2.16. The highest BCUT2D eigenvalue weighted by molar-refractivity contribution is 5.81. The molecule has 23 heavy (non-hydrogen) atoms. The van der Waals surface area contributed by atoms with Crippen molar-refractivity contribution in [2.45, 2.75) is 20.3 Å². The molecule has 9 heteroatoms. The fraction of sp³-hybridized carbons (Fsp3) is 0.500. The maximum Gasteiger partial charge on any atom is 0.305 e. The molecule has 0 aromatic carbocycles. The van der Waals surface area contributed by atoms with Crippen LogP contribution in [-0.2, 0) is 9.59 Å². The van der Waals surface area contributed by atoms with Crippen molar-refractivity contribution in [1.29, 1.82) is 0 Å². The van der Waals surface area contributed by atoms with Gasteiger partial charge in [0.25, 0.3) is 5.69 Å². The van der Waals surface area contributed by atoms with E-state index in [1.807, 2.05) is 13.8 Å². The Morgan fingerprint density at radius 1 is 1.30 bits per heavy atom. The molecule has 0 saturated carbocycles. The number of hydrogen-bond donors (Lipinski definition) is 1. The number of nitro groups is 1. The minimum absolute atomic E-state index is 0.0280. The van der Waals surface area contributed by atoms with Crippen LogP contribution in [0.1, 0.15) is 20.3 Å². The van der Waals surface area contributed by atoms with Crippen molar-refractivity contribution in [3.05, 3.63) is 28.4 Å². The van der Waals surface area contributed by atoms with Crippen molar-refractivity contribution in [2.24, 2.45) is 0 Å². The van der Waals surface area contributed by atoms with Crippen molar-refractivity contribution >= 4 is 23.4 Å². The van der Waals surface area contributed by atoms with Crippen LogP contribution in [0.2, 0.25) is 0 Å². The molecular formula is C14H20N4O5. The second kappa shape index (κ2) is 8.66. The molecule has 1 N–H and O–H groups in total. The Hall–Kier alpha value is -2.71. The van der Waals surface area contributed by atoms with E-state index in [1.165, 1.54) is 17.0 Å². The molecule has 126 valence electrons. The van der Waals surface area contributed by atoms with Gasteiger partial charge in [-0.05, 0) is 19.9 Å². The topological polar surface area (TPSA) is 117 Å². The molecule has 0 aliphatic carbocycles. The number of likely N-dealkylation sites (N-methyl/N-ethyl adjacent to an activating group) is 1. The number of amides is 1. The van der Waals surface area contributed by atoms with Gasteiger partial charge in [0.15, 0.2) is 0 Å². The maximum atomic E-state index is 12.2. The number of anilines is 1. The molecule has 9 nitrogen and oxygen atoms in total. The van der Waals surface area contributed by atoms with E-state index < -0.39 is 10.9 Å². The quantitative estimate of drug-likeness (QED) is 0.534. The molecule has 0 spiro atoms. The number of carbonyl (C=O) groups excluding carboxylic acids is 1. The number of carboxylic acids is 1. The van der Waals surface area contributed by atoms with Crippen LogP contribution in [0, 0.1) is 10.1 Å². The van der Waals surface area contributed by atoms with Crippen LogP contribution in [0.25, 0.3) is 0 Å². The minimum atomic E-state index is -0.993. The van der Waals surface area contributed by atoms with Gasteiger partial charge in [0.2, 0.25) is 5.91 Å². The van der Waals surface area contributed by atoms with Crippen LogP contribution >= 0.6 is 0 Å². The number of pyridine rings is 1. The molecule has 0 fully saturated rings. The molecule has 0 aliphatic rings. The highest BCUT2D eigenvalue weighted by Gasteiger charge is 2.18. The fourth-order valence-electron chi connectivity index (χ4n) is 2.02. The van der Waals surface area contributed by atoms with Crippen LogP contribution in [0.15, 0.2) is 18.3 Å². The second-order valence-electron chi connectivity index (χ2n) is 4.76. The average Bonchev–Trinajstić information content (AvgIpc) is 2.52. The molecule has 1 rings (SSSR count). The monoisotopic (exact) mass is 324 g/mol. The van der Waals surface area contributed by atoms with Crippen molar-refractivity contribution in [3.63, 3.8) is 0 Å². The van der Waals surface area contributed by atoms with Crippen molar-refractivity contribution < 1.29 is 19.6 Å². The van der Waals surface area contributed by atoms with Gasteiger partial charge in [0, 0.05) is 25.7 Å². The lowest BCUT2D eigenvalue weighted by Crippen LogP contribution is -2.41. The number of hydrogen-bond acceptors (Lipinski definition) is 6. The minimum Gasteiger partial charge on any atom is -0.481 e. The lowest BCUT2D eigenvalue weighted by Gasteiger charge is -2.26. The number of aliphatic carboxylic acids is 1. The zero-order valence-electron chi connectivity index (χ0n) is 13.1. The van der Waals surface area contributed by atoms with Gasteiger partial charge in [-0.1, -0.05) is 0 Å². The molecule has 1 amide bonds. The van der Waals surface area contributed by atoms with Crippen molar-refractivity contribution in [1.82, 2.24) is 9.88 Å². The van der Waals surface area contributed by atoms with E-state index in [0.29, 0.717) is 18.9 Å². The summed E-state index contributed by atoms with van der Waals surface area (Å²) < 4.78 is 0.